The fourth-order valence-electron chi connectivity index (χ4n) is 0. The van der Waals surface area contributed by atoms with Gasteiger partial charge in [-0.25, -0.2) is 0 Å². The Morgan fingerprint density at radius 3 is 0.833 bits per heavy atom. The molecule has 0 spiro atoms. The van der Waals surface area contributed by atoms with E-state index in [0.717, 1.165) is 0 Å². The van der Waals surface area contributed by atoms with Crippen molar-refractivity contribution in [2.45, 2.75) is 0 Å². The van der Waals surface area contributed by atoms with E-state index in [1.54, 1.807) is 0 Å². The third kappa shape index (κ3) is 27.6. The standard InChI is InChI=1S/BO3.2Ba/c2-1(3)4;;/q-3;2*+2. The minimum atomic E-state index is -2.92. The fraction of sp³-hybridized carbons (Fsp3) is 0. The zero-order chi connectivity index (χ0) is 3.58. The van der Waals surface area contributed by atoms with Gasteiger partial charge in [0.2, 0.25) is 0 Å². The Bertz CT molecular complexity index is 13.5. The van der Waals surface area contributed by atoms with Crippen molar-refractivity contribution in [3.8, 4) is 0 Å². The molecule has 0 aliphatic heterocycles. The molecule has 0 saturated carbocycles. The summed E-state index contributed by atoms with van der Waals surface area (Å²) in [6.45, 7) is 0. The predicted molar refractivity (Wildman–Crippen MR) is 17.3 cm³/mol. The molecule has 0 saturated heterocycles. The molecule has 0 unspecified atom stereocenters. The van der Waals surface area contributed by atoms with Gasteiger partial charge in [-0.3, -0.25) is 7.32 Å². The molecule has 6 heteroatoms. The van der Waals surface area contributed by atoms with Gasteiger partial charge in [0.05, 0.1) is 0 Å². The minimum Gasteiger partial charge on any atom is -0.907 e. The van der Waals surface area contributed by atoms with Gasteiger partial charge in [-0.1, -0.05) is 0 Å². The van der Waals surface area contributed by atoms with E-state index in [0.29, 0.717) is 0 Å². The molecular formula is BBa2O3+. The SMILES string of the molecule is [Ba+2].[Ba+2].[O-]B([O-])[O-]. The maximum Gasteiger partial charge on any atom is 2.00 e. The van der Waals surface area contributed by atoms with Crippen molar-refractivity contribution in [1.82, 2.24) is 0 Å². The molecule has 0 N–H and O–H groups in total. The van der Waals surface area contributed by atoms with Gasteiger partial charge in [0.25, 0.3) is 0 Å². The summed E-state index contributed by atoms with van der Waals surface area (Å²) in [6, 6.07) is 0. The molecule has 24 valence electrons. The molecule has 0 aliphatic rings. The first kappa shape index (κ1) is 16.0. The Balaban J connectivity index is -0.0000000450. The molecule has 0 aliphatic carbocycles. The average Bonchev–Trinajstić information content (AvgIpc) is 0.811. The second-order valence-corrected chi connectivity index (χ2v) is 0.289. The van der Waals surface area contributed by atoms with E-state index < -0.39 is 7.32 Å². The van der Waals surface area contributed by atoms with Crippen LogP contribution >= 0.6 is 0 Å². The van der Waals surface area contributed by atoms with Gasteiger partial charge in [-0.2, -0.15) is 0 Å². The summed E-state index contributed by atoms with van der Waals surface area (Å²) in [5, 5.41) is 25.2. The number of hydrogen-bond donors (Lipinski definition) is 0. The maximum absolute atomic E-state index is 8.42. The van der Waals surface area contributed by atoms with Gasteiger partial charge < -0.3 is 15.1 Å². The van der Waals surface area contributed by atoms with Crippen LogP contribution in [0.2, 0.25) is 0 Å². The summed E-state index contributed by atoms with van der Waals surface area (Å²) in [6.07, 6.45) is 0. The summed E-state index contributed by atoms with van der Waals surface area (Å²) >= 11 is 0. The van der Waals surface area contributed by atoms with Crippen molar-refractivity contribution in [2.24, 2.45) is 0 Å². The average molecular weight is 333 g/mol. The Kier molecular flexibility index (Phi) is 29.3. The van der Waals surface area contributed by atoms with E-state index >= 15 is 0 Å². The summed E-state index contributed by atoms with van der Waals surface area (Å²) < 4.78 is 0. The van der Waals surface area contributed by atoms with Crippen LogP contribution in [0.15, 0.2) is 0 Å². The first-order chi connectivity index (χ1) is 1.73. The third-order valence-corrected chi connectivity index (χ3v) is 0. The van der Waals surface area contributed by atoms with E-state index in [-0.39, 0.29) is 97.8 Å². The predicted octanol–water partition coefficient (Wildman–Crippen LogP) is -4.71. The van der Waals surface area contributed by atoms with E-state index in [9.17, 15) is 0 Å². The van der Waals surface area contributed by atoms with Crippen LogP contribution in [0.5, 0.6) is 0 Å². The van der Waals surface area contributed by atoms with Gasteiger partial charge in [0, 0.05) is 0 Å². The van der Waals surface area contributed by atoms with Crippen molar-refractivity contribution in [3.05, 3.63) is 0 Å². The summed E-state index contributed by atoms with van der Waals surface area (Å²) in [4.78, 5) is 0. The van der Waals surface area contributed by atoms with Crippen molar-refractivity contribution in [1.29, 1.82) is 0 Å². The minimum absolute atomic E-state index is 0. The summed E-state index contributed by atoms with van der Waals surface area (Å²) in [7, 11) is -2.92. The molecule has 0 aromatic heterocycles. The zero-order valence-corrected chi connectivity index (χ0v) is 12.1. The van der Waals surface area contributed by atoms with E-state index in [1.807, 2.05) is 0 Å². The maximum atomic E-state index is 8.42. The van der Waals surface area contributed by atoms with Gasteiger partial charge in [-0.15, -0.1) is 0 Å². The van der Waals surface area contributed by atoms with E-state index in [4.69, 9.17) is 15.1 Å². The fourth-order valence-corrected chi connectivity index (χ4v) is 0. The molecule has 3 nitrogen and oxygen atoms in total. The largest absolute Gasteiger partial charge is 2.00 e. The normalized spacial score (nSPS) is 4.50. The van der Waals surface area contributed by atoms with E-state index in [1.165, 1.54) is 0 Å². The second kappa shape index (κ2) is 11.0. The van der Waals surface area contributed by atoms with Crippen LogP contribution in [0.25, 0.3) is 0 Å². The smallest absolute Gasteiger partial charge is 0.907 e. The topological polar surface area (TPSA) is 69.2 Å². The van der Waals surface area contributed by atoms with Crippen LogP contribution in [-0.2, 0) is 0 Å². The number of rotatable bonds is 0. The first-order valence-electron chi connectivity index (χ1n) is 0.707. The molecule has 0 heterocycles. The van der Waals surface area contributed by atoms with E-state index in [2.05, 4.69) is 0 Å². The monoisotopic (exact) mass is 335 g/mol. The van der Waals surface area contributed by atoms with Crippen LogP contribution in [0.1, 0.15) is 0 Å². The van der Waals surface area contributed by atoms with Crippen LogP contribution in [-0.4, -0.2) is 105 Å². The van der Waals surface area contributed by atoms with Gasteiger partial charge in [0.1, 0.15) is 0 Å². The molecule has 0 amide bonds. The van der Waals surface area contributed by atoms with Crippen molar-refractivity contribution in [3.63, 3.8) is 0 Å². The van der Waals surface area contributed by atoms with Crippen LogP contribution in [0.3, 0.4) is 0 Å². The van der Waals surface area contributed by atoms with Crippen LogP contribution in [0, 0.1) is 0 Å². The molecule has 6 heavy (non-hydrogen) atoms. The van der Waals surface area contributed by atoms with Gasteiger partial charge in [0.15, 0.2) is 0 Å². The second-order valence-electron chi connectivity index (χ2n) is 0.289. The zero-order valence-electron chi connectivity index (χ0n) is 3.22. The van der Waals surface area contributed by atoms with Crippen molar-refractivity contribution < 1.29 is 15.1 Å². The summed E-state index contributed by atoms with van der Waals surface area (Å²) in [5.41, 5.74) is 0. The molecule has 0 bridgehead atoms. The first-order valence-corrected chi connectivity index (χ1v) is 0.707. The Labute approximate surface area is 117 Å². The van der Waals surface area contributed by atoms with Crippen molar-refractivity contribution in [2.75, 3.05) is 0 Å². The van der Waals surface area contributed by atoms with Crippen LogP contribution < -0.4 is 15.1 Å². The molecule has 0 aromatic rings. The molecule has 0 rings (SSSR count). The molecule has 0 fully saturated rings. The molecule has 0 atom stereocenters. The Morgan fingerprint density at radius 2 is 0.833 bits per heavy atom. The molecular weight excluding hydrogens is 333 g/mol. The molecule has 0 radical (unpaired) electrons. The molecule has 0 aromatic carbocycles. The third-order valence-electron chi connectivity index (χ3n) is 0. The Morgan fingerprint density at radius 1 is 0.833 bits per heavy atom. The quantitative estimate of drug-likeness (QED) is 0.418. The Hall–Kier alpha value is 3.09. The number of hydrogen-bond acceptors (Lipinski definition) is 3. The summed E-state index contributed by atoms with van der Waals surface area (Å²) in [5.74, 6) is 0. The van der Waals surface area contributed by atoms with Gasteiger partial charge in [-0.05, 0) is 0 Å². The van der Waals surface area contributed by atoms with Crippen molar-refractivity contribution >= 4 is 105 Å². The van der Waals surface area contributed by atoms with Gasteiger partial charge >= 0.3 is 97.8 Å². The van der Waals surface area contributed by atoms with Crippen LogP contribution in [0.4, 0.5) is 0 Å².